The summed E-state index contributed by atoms with van der Waals surface area (Å²) in [6, 6.07) is 2.90. The lowest BCUT2D eigenvalue weighted by atomic mass is 9.98. The molecule has 0 aliphatic carbocycles. The minimum atomic E-state index is -4.45. The van der Waals surface area contributed by atoms with E-state index in [9.17, 15) is 26.4 Å². The van der Waals surface area contributed by atoms with E-state index in [0.717, 1.165) is 0 Å². The van der Waals surface area contributed by atoms with Crippen molar-refractivity contribution in [3.05, 3.63) is 23.9 Å². The lowest BCUT2D eigenvalue weighted by Crippen LogP contribution is -2.29. The Morgan fingerprint density at radius 1 is 1.32 bits per heavy atom. The summed E-state index contributed by atoms with van der Waals surface area (Å²) in [5.41, 5.74) is 0.562. The van der Waals surface area contributed by atoms with Crippen LogP contribution >= 0.6 is 0 Å². The topological polar surface area (TPSA) is 85.4 Å². The van der Waals surface area contributed by atoms with Crippen molar-refractivity contribution < 1.29 is 31.1 Å². The first kappa shape index (κ1) is 19.5. The average molecular weight is 380 g/mol. The van der Waals surface area contributed by atoms with E-state index in [4.69, 9.17) is 0 Å². The number of carbonyl (C=O) groups excluding carboxylic acids is 1. The summed E-state index contributed by atoms with van der Waals surface area (Å²) in [5, 5.41) is 2.67. The van der Waals surface area contributed by atoms with Crippen LogP contribution in [0.5, 0.6) is 5.88 Å². The monoisotopic (exact) mass is 380 g/mol. The number of alkyl halides is 3. The fraction of sp³-hybridized carbons (Fsp3) is 0.600. The predicted molar refractivity (Wildman–Crippen MR) is 83.6 cm³/mol. The molecular formula is C15H19F3N2O4S. The van der Waals surface area contributed by atoms with E-state index in [1.54, 1.807) is 6.07 Å². The van der Waals surface area contributed by atoms with Crippen LogP contribution in [0.25, 0.3) is 0 Å². The van der Waals surface area contributed by atoms with E-state index in [2.05, 4.69) is 15.0 Å². The lowest BCUT2D eigenvalue weighted by molar-refractivity contribution is -0.154. The Labute approximate surface area is 143 Å². The second-order valence-electron chi connectivity index (χ2n) is 5.98. The van der Waals surface area contributed by atoms with Gasteiger partial charge in [0.2, 0.25) is 11.8 Å². The standard InChI is InChI=1S/C15H19F3N2O4S/c16-15(17,18)10-24-14-8-12(1-4-19-14)9-20-13(21)7-11-2-5-25(22,23)6-3-11/h1,4,8,11H,2-3,5-7,9-10H2,(H,20,21). The molecule has 140 valence electrons. The van der Waals surface area contributed by atoms with Crippen LogP contribution in [0.1, 0.15) is 24.8 Å². The molecule has 1 amide bonds. The van der Waals surface area contributed by atoms with Gasteiger partial charge in [0.25, 0.3) is 0 Å². The van der Waals surface area contributed by atoms with Crippen LogP contribution in [-0.4, -0.2) is 43.6 Å². The zero-order valence-corrected chi connectivity index (χ0v) is 14.2. The summed E-state index contributed by atoms with van der Waals surface area (Å²) in [6.45, 7) is -1.30. The molecule has 6 nitrogen and oxygen atoms in total. The van der Waals surface area contributed by atoms with Gasteiger partial charge in [0.05, 0.1) is 11.5 Å². The molecule has 10 heteroatoms. The number of nitrogens with one attached hydrogen (secondary N) is 1. The van der Waals surface area contributed by atoms with Crippen LogP contribution in [-0.2, 0) is 21.2 Å². The van der Waals surface area contributed by atoms with Gasteiger partial charge in [-0.1, -0.05) is 0 Å². The van der Waals surface area contributed by atoms with E-state index in [1.807, 2.05) is 0 Å². The lowest BCUT2D eigenvalue weighted by Gasteiger charge is -2.21. The SMILES string of the molecule is O=C(CC1CCS(=O)(=O)CC1)NCc1ccnc(OCC(F)(F)F)c1. The molecule has 1 saturated heterocycles. The molecule has 0 unspecified atom stereocenters. The molecule has 2 heterocycles. The van der Waals surface area contributed by atoms with Gasteiger partial charge >= 0.3 is 6.18 Å². The summed E-state index contributed by atoms with van der Waals surface area (Å²) >= 11 is 0. The molecule has 1 N–H and O–H groups in total. The Balaban J connectivity index is 1.78. The van der Waals surface area contributed by atoms with Crippen LogP contribution in [0.3, 0.4) is 0 Å². The number of pyridine rings is 1. The van der Waals surface area contributed by atoms with Gasteiger partial charge in [-0.05, 0) is 30.4 Å². The Bertz CT molecular complexity index is 693. The van der Waals surface area contributed by atoms with Crippen molar-refractivity contribution >= 4 is 15.7 Å². The van der Waals surface area contributed by atoms with Gasteiger partial charge in [-0.2, -0.15) is 13.2 Å². The van der Waals surface area contributed by atoms with E-state index < -0.39 is 22.6 Å². The third kappa shape index (κ3) is 7.29. The van der Waals surface area contributed by atoms with E-state index >= 15 is 0 Å². The van der Waals surface area contributed by atoms with Crippen LogP contribution in [0.15, 0.2) is 18.3 Å². The minimum absolute atomic E-state index is 0.0339. The van der Waals surface area contributed by atoms with Crippen LogP contribution in [0.4, 0.5) is 13.2 Å². The van der Waals surface area contributed by atoms with Crippen LogP contribution in [0.2, 0.25) is 0 Å². The zero-order valence-electron chi connectivity index (χ0n) is 13.4. The molecule has 1 fully saturated rings. The average Bonchev–Trinajstić information content (AvgIpc) is 2.53. The quantitative estimate of drug-likeness (QED) is 0.814. The van der Waals surface area contributed by atoms with E-state index in [-0.39, 0.29) is 42.2 Å². The van der Waals surface area contributed by atoms with Gasteiger partial charge in [-0.15, -0.1) is 0 Å². The first-order chi connectivity index (χ1) is 11.6. The molecular weight excluding hydrogens is 361 g/mol. The second kappa shape index (κ2) is 8.03. The Kier molecular flexibility index (Phi) is 6.26. The molecule has 0 bridgehead atoms. The van der Waals surface area contributed by atoms with Crippen LogP contribution in [0, 0.1) is 5.92 Å². The number of aromatic nitrogens is 1. The summed E-state index contributed by atoms with van der Waals surface area (Å²) in [4.78, 5) is 15.6. The number of halogens is 3. The minimum Gasteiger partial charge on any atom is -0.468 e. The van der Waals surface area contributed by atoms with Crippen molar-refractivity contribution in [3.8, 4) is 5.88 Å². The third-order valence-corrected chi connectivity index (χ3v) is 5.54. The Morgan fingerprint density at radius 2 is 2.00 bits per heavy atom. The molecule has 25 heavy (non-hydrogen) atoms. The molecule has 2 rings (SSSR count). The first-order valence-electron chi connectivity index (χ1n) is 7.74. The molecule has 0 saturated carbocycles. The van der Waals surface area contributed by atoms with Gasteiger partial charge in [-0.3, -0.25) is 4.79 Å². The predicted octanol–water partition coefficient (Wildman–Crippen LogP) is 1.85. The van der Waals surface area contributed by atoms with E-state index in [0.29, 0.717) is 18.4 Å². The number of hydrogen-bond donors (Lipinski definition) is 1. The largest absolute Gasteiger partial charge is 0.468 e. The maximum Gasteiger partial charge on any atom is 0.422 e. The number of hydrogen-bond acceptors (Lipinski definition) is 5. The van der Waals surface area contributed by atoms with Crippen molar-refractivity contribution in [2.24, 2.45) is 5.92 Å². The van der Waals surface area contributed by atoms with Gasteiger partial charge in [0.15, 0.2) is 6.61 Å². The molecule has 1 aromatic heterocycles. The highest BCUT2D eigenvalue weighted by Crippen LogP contribution is 2.22. The second-order valence-corrected chi connectivity index (χ2v) is 8.29. The zero-order chi connectivity index (χ0) is 18.5. The fourth-order valence-corrected chi connectivity index (χ4v) is 4.06. The van der Waals surface area contributed by atoms with Gasteiger partial charge in [0.1, 0.15) is 9.84 Å². The van der Waals surface area contributed by atoms with Crippen LogP contribution < -0.4 is 10.1 Å². The highest BCUT2D eigenvalue weighted by atomic mass is 32.2. The molecule has 0 spiro atoms. The van der Waals surface area contributed by atoms with Gasteiger partial charge in [0, 0.05) is 25.2 Å². The van der Waals surface area contributed by atoms with E-state index in [1.165, 1.54) is 12.3 Å². The Morgan fingerprint density at radius 3 is 2.64 bits per heavy atom. The highest BCUT2D eigenvalue weighted by molar-refractivity contribution is 7.91. The summed E-state index contributed by atoms with van der Waals surface area (Å²) in [5.74, 6) is -0.142. The number of carbonyl (C=O) groups is 1. The van der Waals surface area contributed by atoms with Crippen molar-refractivity contribution in [1.82, 2.24) is 10.3 Å². The summed E-state index contributed by atoms with van der Waals surface area (Å²) < 4.78 is 63.6. The normalized spacial score (nSPS) is 17.9. The van der Waals surface area contributed by atoms with Crippen molar-refractivity contribution in [2.45, 2.75) is 32.0 Å². The molecule has 0 aromatic carbocycles. The molecule has 1 aromatic rings. The number of amides is 1. The number of sulfone groups is 1. The summed E-state index contributed by atoms with van der Waals surface area (Å²) in [7, 11) is -2.96. The molecule has 0 atom stereocenters. The first-order valence-corrected chi connectivity index (χ1v) is 9.57. The third-order valence-electron chi connectivity index (χ3n) is 3.82. The molecule has 1 aliphatic heterocycles. The smallest absolute Gasteiger partial charge is 0.422 e. The maximum atomic E-state index is 12.1. The highest BCUT2D eigenvalue weighted by Gasteiger charge is 2.28. The maximum absolute atomic E-state index is 12.1. The van der Waals surface area contributed by atoms with Crippen molar-refractivity contribution in [2.75, 3.05) is 18.1 Å². The van der Waals surface area contributed by atoms with Crippen molar-refractivity contribution in [3.63, 3.8) is 0 Å². The number of rotatable bonds is 6. The van der Waals surface area contributed by atoms with Gasteiger partial charge in [-0.25, -0.2) is 13.4 Å². The number of nitrogens with zero attached hydrogens (tertiary/aromatic N) is 1. The summed E-state index contributed by atoms with van der Waals surface area (Å²) in [6.07, 6.45) is -1.96. The van der Waals surface area contributed by atoms with Gasteiger partial charge < -0.3 is 10.1 Å². The molecule has 1 aliphatic rings. The molecule has 0 radical (unpaired) electrons. The van der Waals surface area contributed by atoms with Crippen molar-refractivity contribution in [1.29, 1.82) is 0 Å². The number of ether oxygens (including phenoxy) is 1. The Hall–Kier alpha value is -1.84. The fourth-order valence-electron chi connectivity index (χ4n) is 2.47.